The zero-order valence-electron chi connectivity index (χ0n) is 9.08. The molecule has 0 aliphatic carbocycles. The number of benzene rings is 1. The van der Waals surface area contributed by atoms with Crippen molar-refractivity contribution in [2.24, 2.45) is 0 Å². The van der Waals surface area contributed by atoms with Gasteiger partial charge in [-0.25, -0.2) is 0 Å². The lowest BCUT2D eigenvalue weighted by atomic mass is 10.2. The second-order valence-corrected chi connectivity index (χ2v) is 3.16. The number of rotatable bonds is 2. The highest BCUT2D eigenvalue weighted by atomic mass is 16.5. The third-order valence-electron chi connectivity index (χ3n) is 2.27. The average molecular weight is 239 g/mol. The first-order chi connectivity index (χ1) is 8.08. The monoisotopic (exact) mass is 239 g/mol. The van der Waals surface area contributed by atoms with E-state index in [9.17, 15) is 10.4 Å². The fourth-order valence-electron chi connectivity index (χ4n) is 1.46. The van der Waals surface area contributed by atoms with Gasteiger partial charge in [-0.05, 0) is 0 Å². The minimum atomic E-state index is -0.931. The molecule has 0 saturated heterocycles. The molecule has 0 spiro atoms. The fraction of sp³-hybridized carbons (Fsp3) is 0.222. The topological polar surface area (TPSA) is 105 Å². The molecular formula is C9H9N3O5. The van der Waals surface area contributed by atoms with E-state index in [0.29, 0.717) is 0 Å². The van der Waals surface area contributed by atoms with Crippen LogP contribution in [0.1, 0.15) is 0 Å². The summed E-state index contributed by atoms with van der Waals surface area (Å²) in [5.74, 6) is 0.562. The first-order valence-electron chi connectivity index (χ1n) is 4.56. The lowest BCUT2D eigenvalue weighted by Gasteiger charge is -2.09. The molecule has 1 aromatic heterocycles. The summed E-state index contributed by atoms with van der Waals surface area (Å²) < 4.78 is 10.1. The molecule has 1 aromatic carbocycles. The van der Waals surface area contributed by atoms with Gasteiger partial charge in [0, 0.05) is 6.07 Å². The Bertz CT molecular complexity index is 587. The third-order valence-corrected chi connectivity index (χ3v) is 2.27. The number of aromatic nitrogens is 3. The first kappa shape index (κ1) is 11.0. The van der Waals surface area contributed by atoms with Crippen LogP contribution < -0.4 is 19.0 Å². The van der Waals surface area contributed by atoms with Gasteiger partial charge < -0.3 is 25.0 Å². The average Bonchev–Trinajstić information content (AvgIpc) is 2.34. The number of ether oxygens (including phenoxy) is 2. The van der Waals surface area contributed by atoms with Crippen molar-refractivity contribution in [1.29, 1.82) is 0 Å². The van der Waals surface area contributed by atoms with Gasteiger partial charge in [0.15, 0.2) is 11.5 Å². The SMILES string of the molecule is COc1cc2c(cc1OC)[n+]([O-])c(O)n[n+]2[O-]. The van der Waals surface area contributed by atoms with E-state index in [1.807, 2.05) is 0 Å². The molecule has 0 aliphatic rings. The first-order valence-corrected chi connectivity index (χ1v) is 4.56. The predicted octanol–water partition coefficient (Wildman–Crippen LogP) is -0.776. The van der Waals surface area contributed by atoms with E-state index < -0.39 is 6.01 Å². The molecule has 0 radical (unpaired) electrons. The Balaban J connectivity index is 2.87. The van der Waals surface area contributed by atoms with Crippen LogP contribution in [0.2, 0.25) is 0 Å². The summed E-state index contributed by atoms with van der Waals surface area (Å²) in [6.45, 7) is 0. The van der Waals surface area contributed by atoms with Crippen molar-refractivity contribution in [2.45, 2.75) is 0 Å². The molecule has 1 heterocycles. The highest BCUT2D eigenvalue weighted by Gasteiger charge is 2.23. The number of hydrogen-bond donors (Lipinski definition) is 1. The molecule has 0 fully saturated rings. The Labute approximate surface area is 95.4 Å². The Hall–Kier alpha value is -2.51. The quantitative estimate of drug-likeness (QED) is 0.544. The molecule has 0 amide bonds. The van der Waals surface area contributed by atoms with Crippen LogP contribution in [0.15, 0.2) is 12.1 Å². The molecule has 17 heavy (non-hydrogen) atoms. The van der Waals surface area contributed by atoms with Gasteiger partial charge in [0.2, 0.25) is 5.52 Å². The highest BCUT2D eigenvalue weighted by molar-refractivity contribution is 5.73. The maximum Gasteiger partial charge on any atom is 0.569 e. The van der Waals surface area contributed by atoms with Crippen molar-refractivity contribution in [1.82, 2.24) is 5.10 Å². The molecule has 90 valence electrons. The minimum absolute atomic E-state index is 0.0320. The molecule has 2 aromatic rings. The van der Waals surface area contributed by atoms with Gasteiger partial charge in [-0.3, -0.25) is 0 Å². The van der Waals surface area contributed by atoms with Crippen LogP contribution in [0.5, 0.6) is 17.5 Å². The molecule has 0 bridgehead atoms. The normalized spacial score (nSPS) is 10.5. The van der Waals surface area contributed by atoms with Crippen molar-refractivity contribution in [3.05, 3.63) is 22.5 Å². The van der Waals surface area contributed by atoms with Crippen molar-refractivity contribution >= 4 is 11.0 Å². The van der Waals surface area contributed by atoms with Crippen LogP contribution in [0.25, 0.3) is 11.0 Å². The second-order valence-electron chi connectivity index (χ2n) is 3.16. The molecule has 8 heteroatoms. The standard InChI is InChI=1S/C9H9N3O5/c1-16-7-3-5-6(4-8(7)17-2)12(15)10-9(13)11(5)14/h3-4H,1-2H3,(H,10,13). The van der Waals surface area contributed by atoms with Crippen LogP contribution in [0.4, 0.5) is 0 Å². The van der Waals surface area contributed by atoms with Crippen LogP contribution >= 0.6 is 0 Å². The van der Waals surface area contributed by atoms with E-state index in [1.54, 1.807) is 0 Å². The summed E-state index contributed by atoms with van der Waals surface area (Å²) >= 11 is 0. The fourth-order valence-corrected chi connectivity index (χ4v) is 1.46. The Morgan fingerprint density at radius 2 is 1.65 bits per heavy atom. The molecule has 0 unspecified atom stereocenters. The van der Waals surface area contributed by atoms with E-state index >= 15 is 0 Å². The molecule has 8 nitrogen and oxygen atoms in total. The predicted molar refractivity (Wildman–Crippen MR) is 54.4 cm³/mol. The summed E-state index contributed by atoms with van der Waals surface area (Å²) in [6.07, 6.45) is 0. The molecular weight excluding hydrogens is 230 g/mol. The van der Waals surface area contributed by atoms with Crippen LogP contribution in [0.3, 0.4) is 0 Å². The molecule has 2 rings (SSSR count). The zero-order chi connectivity index (χ0) is 12.6. The lowest BCUT2D eigenvalue weighted by Crippen LogP contribution is -2.41. The zero-order valence-corrected chi connectivity index (χ0v) is 9.08. The van der Waals surface area contributed by atoms with Gasteiger partial charge in [-0.2, -0.15) is 4.73 Å². The van der Waals surface area contributed by atoms with Gasteiger partial charge in [-0.15, -0.1) is 0 Å². The van der Waals surface area contributed by atoms with E-state index in [-0.39, 0.29) is 32.1 Å². The number of nitrogens with zero attached hydrogens (tertiary/aromatic N) is 3. The van der Waals surface area contributed by atoms with Crippen molar-refractivity contribution < 1.29 is 24.2 Å². The van der Waals surface area contributed by atoms with E-state index in [2.05, 4.69) is 5.10 Å². The summed E-state index contributed by atoms with van der Waals surface area (Å²) in [7, 11) is 2.79. The second kappa shape index (κ2) is 3.81. The van der Waals surface area contributed by atoms with Gasteiger partial charge in [0.25, 0.3) is 5.10 Å². The van der Waals surface area contributed by atoms with E-state index in [0.717, 1.165) is 0 Å². The Morgan fingerprint density at radius 1 is 1.12 bits per heavy atom. The van der Waals surface area contributed by atoms with Crippen LogP contribution in [-0.2, 0) is 0 Å². The number of fused-ring (bicyclic) bond motifs is 1. The molecule has 0 saturated carbocycles. The largest absolute Gasteiger partial charge is 0.707 e. The number of aromatic hydroxyl groups is 1. The Morgan fingerprint density at radius 3 is 2.18 bits per heavy atom. The summed E-state index contributed by atoms with van der Waals surface area (Å²) in [4.78, 5) is 0.140. The number of hydrogen-bond acceptors (Lipinski definition) is 6. The molecule has 0 atom stereocenters. The summed E-state index contributed by atoms with van der Waals surface area (Å²) in [5, 5.41) is 35.2. The van der Waals surface area contributed by atoms with Gasteiger partial charge in [0.1, 0.15) is 0 Å². The summed E-state index contributed by atoms with van der Waals surface area (Å²) in [6, 6.07) is 1.67. The third kappa shape index (κ3) is 1.59. The highest BCUT2D eigenvalue weighted by Crippen LogP contribution is 2.29. The maximum absolute atomic E-state index is 11.5. The minimum Gasteiger partial charge on any atom is -0.707 e. The summed E-state index contributed by atoms with van der Waals surface area (Å²) in [5.41, 5.74) is -0.0967. The van der Waals surface area contributed by atoms with Gasteiger partial charge >= 0.3 is 11.5 Å². The lowest BCUT2D eigenvalue weighted by molar-refractivity contribution is -0.684. The van der Waals surface area contributed by atoms with Gasteiger partial charge in [0.05, 0.1) is 25.1 Å². The van der Waals surface area contributed by atoms with Crippen molar-refractivity contribution in [3.63, 3.8) is 0 Å². The molecule has 1 N–H and O–H groups in total. The van der Waals surface area contributed by atoms with Crippen LogP contribution in [0, 0.1) is 10.4 Å². The number of methoxy groups -OCH3 is 2. The smallest absolute Gasteiger partial charge is 0.569 e. The van der Waals surface area contributed by atoms with Crippen molar-refractivity contribution in [3.8, 4) is 17.5 Å². The Kier molecular flexibility index (Phi) is 2.47. The maximum atomic E-state index is 11.5. The van der Waals surface area contributed by atoms with E-state index in [1.165, 1.54) is 26.4 Å². The molecule has 0 aliphatic heterocycles. The van der Waals surface area contributed by atoms with E-state index in [4.69, 9.17) is 14.6 Å². The van der Waals surface area contributed by atoms with Crippen molar-refractivity contribution in [2.75, 3.05) is 14.2 Å². The van der Waals surface area contributed by atoms with Gasteiger partial charge in [-0.1, -0.05) is 0 Å². The van der Waals surface area contributed by atoms with Crippen LogP contribution in [-0.4, -0.2) is 24.4 Å².